The summed E-state index contributed by atoms with van der Waals surface area (Å²) in [6.07, 6.45) is 12.6. The minimum atomic E-state index is -1.12. The lowest BCUT2D eigenvalue weighted by Gasteiger charge is -2.46. The Balaban J connectivity index is 2.51. The van der Waals surface area contributed by atoms with Crippen LogP contribution in [-0.4, -0.2) is 38.0 Å². The molecule has 0 aliphatic heterocycles. The Morgan fingerprint density at radius 3 is 1.93 bits per heavy atom. The quantitative estimate of drug-likeness (QED) is 0.0751. The summed E-state index contributed by atoms with van der Waals surface area (Å²) in [6.45, 7) is 14.5. The van der Waals surface area contributed by atoms with Crippen molar-refractivity contribution in [2.75, 3.05) is 26.2 Å². The highest BCUT2D eigenvalue weighted by molar-refractivity contribution is 6.38. The minimum absolute atomic E-state index is 0.0415. The Bertz CT molecular complexity index is 955. The molecule has 0 aliphatic carbocycles. The lowest BCUT2D eigenvalue weighted by molar-refractivity contribution is -0.958. The summed E-state index contributed by atoms with van der Waals surface area (Å²) >= 11 is 0. The lowest BCUT2D eigenvalue weighted by atomic mass is 9.93. The molecule has 2 rings (SSSR count). The molecule has 0 saturated heterocycles. The van der Waals surface area contributed by atoms with Crippen LogP contribution >= 0.6 is 0 Å². The van der Waals surface area contributed by atoms with Gasteiger partial charge in [-0.3, -0.25) is 0 Å². The molecule has 230 valence electrons. The highest BCUT2D eigenvalue weighted by atomic mass is 19.1. The smallest absolute Gasteiger partial charge is 0.501 e. The van der Waals surface area contributed by atoms with Gasteiger partial charge in [-0.1, -0.05) is 91.7 Å². The van der Waals surface area contributed by atoms with E-state index in [9.17, 15) is 4.39 Å². The second-order valence-corrected chi connectivity index (χ2v) is 11.3. The molecule has 0 radical (unpaired) electrons. The van der Waals surface area contributed by atoms with Crippen molar-refractivity contribution < 1.29 is 27.2 Å². The summed E-state index contributed by atoms with van der Waals surface area (Å²) in [5, 5.41) is 0. The van der Waals surface area contributed by atoms with Gasteiger partial charge in [-0.05, 0) is 49.9 Å². The number of hydrogen-bond acceptors (Lipinski definition) is 3. The van der Waals surface area contributed by atoms with Crippen molar-refractivity contribution in [3.8, 4) is 11.5 Å². The second-order valence-electron chi connectivity index (χ2n) is 11.3. The third-order valence-electron chi connectivity index (χ3n) is 7.94. The van der Waals surface area contributed by atoms with Crippen molar-refractivity contribution in [1.82, 2.24) is 0 Å². The van der Waals surface area contributed by atoms with Crippen LogP contribution < -0.4 is 9.31 Å². The van der Waals surface area contributed by atoms with Gasteiger partial charge in [-0.2, -0.15) is 0 Å². The Morgan fingerprint density at radius 1 is 0.707 bits per heavy atom. The molecule has 2 aromatic carbocycles. The summed E-state index contributed by atoms with van der Waals surface area (Å²) < 4.78 is 49.3. The molecular formula is C34H55BF2NO3+. The highest BCUT2D eigenvalue weighted by Crippen LogP contribution is 2.41. The molecule has 0 saturated carbocycles. The fourth-order valence-electron chi connectivity index (χ4n) is 5.69. The summed E-state index contributed by atoms with van der Waals surface area (Å²) in [7, 11) is -1.12. The predicted octanol–water partition coefficient (Wildman–Crippen LogP) is 10.1. The zero-order chi connectivity index (χ0) is 29.9. The highest BCUT2D eigenvalue weighted by Gasteiger charge is 2.40. The van der Waals surface area contributed by atoms with E-state index in [4.69, 9.17) is 14.0 Å². The summed E-state index contributed by atoms with van der Waals surface area (Å²) in [5.41, 5.74) is 0.611. The van der Waals surface area contributed by atoms with Gasteiger partial charge in [0, 0.05) is 19.1 Å². The van der Waals surface area contributed by atoms with E-state index in [2.05, 4.69) is 34.6 Å². The van der Waals surface area contributed by atoms with E-state index in [-0.39, 0.29) is 11.9 Å². The van der Waals surface area contributed by atoms with E-state index in [0.717, 1.165) is 101 Å². The molecule has 0 amide bonds. The molecule has 0 aromatic heterocycles. The van der Waals surface area contributed by atoms with Crippen LogP contribution in [-0.2, 0) is 4.65 Å². The largest absolute Gasteiger partial charge is 0.788 e. The van der Waals surface area contributed by atoms with Gasteiger partial charge in [-0.25, -0.2) is 8.78 Å². The van der Waals surface area contributed by atoms with Crippen LogP contribution in [0.3, 0.4) is 0 Å². The van der Waals surface area contributed by atoms with E-state index in [1.165, 1.54) is 12.1 Å². The molecule has 1 atom stereocenters. The molecule has 0 bridgehead atoms. The van der Waals surface area contributed by atoms with Crippen molar-refractivity contribution in [3.05, 3.63) is 59.7 Å². The number of nitrogens with zero attached hydrogens (tertiary/aromatic N) is 1. The van der Waals surface area contributed by atoms with Gasteiger partial charge in [0.15, 0.2) is 0 Å². The van der Waals surface area contributed by atoms with Crippen LogP contribution in [0.15, 0.2) is 42.5 Å². The number of hydrogen-bond donors (Lipinski definition) is 0. The Hall–Kier alpha value is -2.12. The van der Waals surface area contributed by atoms with E-state index < -0.39 is 13.1 Å². The van der Waals surface area contributed by atoms with Crippen LogP contribution in [0.4, 0.5) is 8.78 Å². The van der Waals surface area contributed by atoms with Crippen molar-refractivity contribution >= 4 is 7.32 Å². The fourth-order valence-corrected chi connectivity index (χ4v) is 5.69. The zero-order valence-corrected chi connectivity index (χ0v) is 26.4. The standard InChI is InChI=1S/C34H55BF2NO3/c1-6-11-15-16-27-39-35(40-30-21-17-20-29(36)28-30)41-33-23-18-22-31(37)34(33)32(19-10-5)38(24-12-7-2,25-13-8-3)26-14-9-4/h17-18,20-23,28,32H,6-16,19,24-27H2,1-5H3/q+1. The van der Waals surface area contributed by atoms with Gasteiger partial charge in [0.25, 0.3) is 0 Å². The summed E-state index contributed by atoms with van der Waals surface area (Å²) in [6, 6.07) is 11.0. The molecule has 0 heterocycles. The van der Waals surface area contributed by atoms with Gasteiger partial charge in [-0.15, -0.1) is 0 Å². The third-order valence-corrected chi connectivity index (χ3v) is 7.94. The van der Waals surface area contributed by atoms with E-state index >= 15 is 4.39 Å². The number of unbranched alkanes of at least 4 members (excludes halogenated alkanes) is 6. The SMILES string of the molecule is CCCCCCOB(Oc1cccc(F)c1)Oc1cccc(F)c1C(CCC)[N+](CCCC)(CCCC)CCCC. The van der Waals surface area contributed by atoms with Gasteiger partial charge >= 0.3 is 7.32 Å². The predicted molar refractivity (Wildman–Crippen MR) is 167 cm³/mol. The first-order chi connectivity index (χ1) is 19.9. The molecule has 41 heavy (non-hydrogen) atoms. The topological polar surface area (TPSA) is 27.7 Å². The van der Waals surface area contributed by atoms with Crippen LogP contribution in [0.25, 0.3) is 0 Å². The summed E-state index contributed by atoms with van der Waals surface area (Å²) in [5.74, 6) is 0.111. The molecule has 0 N–H and O–H groups in total. The fraction of sp³-hybridized carbons (Fsp3) is 0.647. The van der Waals surface area contributed by atoms with Gasteiger partial charge in [0.2, 0.25) is 0 Å². The van der Waals surface area contributed by atoms with Crippen LogP contribution in [0, 0.1) is 11.6 Å². The van der Waals surface area contributed by atoms with Crippen LogP contribution in [0.2, 0.25) is 0 Å². The minimum Gasteiger partial charge on any atom is -0.501 e. The molecule has 0 fully saturated rings. The summed E-state index contributed by atoms with van der Waals surface area (Å²) in [4.78, 5) is 0. The number of benzene rings is 2. The normalized spacial score (nSPS) is 12.4. The Kier molecular flexibility index (Phi) is 17.0. The maximum atomic E-state index is 16.0. The van der Waals surface area contributed by atoms with Crippen molar-refractivity contribution in [1.29, 1.82) is 0 Å². The van der Waals surface area contributed by atoms with Crippen molar-refractivity contribution in [3.63, 3.8) is 0 Å². The maximum Gasteiger partial charge on any atom is 0.788 e. The third kappa shape index (κ3) is 11.6. The first kappa shape index (κ1) is 35.1. The van der Waals surface area contributed by atoms with E-state index in [0.29, 0.717) is 23.7 Å². The zero-order valence-electron chi connectivity index (χ0n) is 26.4. The molecule has 0 aliphatic rings. The average molecular weight is 575 g/mol. The van der Waals surface area contributed by atoms with E-state index in [1.54, 1.807) is 24.3 Å². The van der Waals surface area contributed by atoms with Crippen LogP contribution in [0.5, 0.6) is 11.5 Å². The molecular weight excluding hydrogens is 519 g/mol. The van der Waals surface area contributed by atoms with Gasteiger partial charge in [0.1, 0.15) is 29.2 Å². The molecule has 7 heteroatoms. The number of quaternary nitrogens is 1. The second kappa shape index (κ2) is 19.9. The molecule has 4 nitrogen and oxygen atoms in total. The Morgan fingerprint density at radius 2 is 1.34 bits per heavy atom. The van der Waals surface area contributed by atoms with Crippen molar-refractivity contribution in [2.45, 2.75) is 118 Å². The maximum absolute atomic E-state index is 16.0. The number of rotatable bonds is 23. The first-order valence-electron chi connectivity index (χ1n) is 16.3. The molecule has 2 aromatic rings. The monoisotopic (exact) mass is 574 g/mol. The van der Waals surface area contributed by atoms with Gasteiger partial charge in [0.05, 0.1) is 25.2 Å². The molecule has 0 spiro atoms. The average Bonchev–Trinajstić information content (AvgIpc) is 2.96. The first-order valence-corrected chi connectivity index (χ1v) is 16.3. The van der Waals surface area contributed by atoms with Crippen molar-refractivity contribution in [2.24, 2.45) is 0 Å². The molecule has 1 unspecified atom stereocenters. The van der Waals surface area contributed by atoms with E-state index in [1.807, 2.05) is 6.07 Å². The lowest BCUT2D eigenvalue weighted by Crippen LogP contribution is -2.53. The van der Waals surface area contributed by atoms with Gasteiger partial charge < -0.3 is 18.4 Å². The Labute approximate surface area is 249 Å². The number of halogens is 2. The van der Waals surface area contributed by atoms with Crippen LogP contribution in [0.1, 0.15) is 123 Å².